The molecule has 0 aliphatic carbocycles. The minimum absolute atomic E-state index is 0.184. The van der Waals surface area contributed by atoms with Gasteiger partial charge in [-0.15, -0.1) is 0 Å². The first-order chi connectivity index (χ1) is 27.3. The average Bonchev–Trinajstić information content (AvgIpc) is 3.66. The summed E-state index contributed by atoms with van der Waals surface area (Å²) >= 11 is 0.184. The number of hydrogen-bond acceptors (Lipinski definition) is 3. The van der Waals surface area contributed by atoms with E-state index in [0.29, 0.717) is 0 Å². The van der Waals surface area contributed by atoms with Crippen LogP contribution in [0, 0.1) is 0 Å². The topological polar surface area (TPSA) is 38.7 Å². The van der Waals surface area contributed by atoms with Crippen molar-refractivity contribution in [3.05, 3.63) is 200 Å². The molecule has 10 rings (SSSR count). The number of rotatable bonds is 7. The second kappa shape index (κ2) is 14.3. The summed E-state index contributed by atoms with van der Waals surface area (Å²) in [6, 6.07) is 71.4. The van der Waals surface area contributed by atoms with Gasteiger partial charge in [0.05, 0.1) is 0 Å². The predicted molar refractivity (Wildman–Crippen MR) is 230 cm³/mol. The normalized spacial score (nSPS) is 11.3. The zero-order valence-electron chi connectivity index (χ0n) is 29.8. The Kier molecular flexibility index (Phi) is 8.53. The average molecular weight is 767 g/mol. The molecule has 258 valence electrons. The summed E-state index contributed by atoms with van der Waals surface area (Å²) in [4.78, 5) is 0. The van der Waals surface area contributed by atoms with E-state index in [1.165, 1.54) is 36.0 Å². The monoisotopic (exact) mass is 767 g/mol. The van der Waals surface area contributed by atoms with Crippen molar-refractivity contribution in [2.24, 2.45) is 0 Å². The zero-order valence-corrected chi connectivity index (χ0v) is 31.5. The van der Waals surface area contributed by atoms with Gasteiger partial charge in [0.25, 0.3) is 0 Å². The Morgan fingerprint density at radius 2 is 0.782 bits per heavy atom. The standard InChI is InChI=1S/C51H33N3Se/c1-5-18-34(19-6-1)38-26-13-14-27-41(38)49-50(37-24-11-4-12-25-37)52-54-53-51(49)47-39(35-20-7-2-8-21-35)29-17-30-43(47)46-40(36-22-9-3-10-23-36)32-33-45-48(46)42-28-15-16-31-44(42)55-45/h1-33H. The Labute approximate surface area is 326 Å². The molecule has 0 aliphatic heterocycles. The Bertz CT molecular complexity index is 2960. The molecule has 0 saturated heterocycles. The minimum atomic E-state index is 0.184. The van der Waals surface area contributed by atoms with E-state index in [1.54, 1.807) is 0 Å². The van der Waals surface area contributed by atoms with E-state index in [2.05, 4.69) is 199 Å². The van der Waals surface area contributed by atoms with Gasteiger partial charge in [0.2, 0.25) is 0 Å². The van der Waals surface area contributed by atoms with Crippen LogP contribution in [0.3, 0.4) is 0 Å². The fourth-order valence-electron chi connectivity index (χ4n) is 7.95. The first-order valence-electron chi connectivity index (χ1n) is 18.5. The Morgan fingerprint density at radius 3 is 1.45 bits per heavy atom. The van der Waals surface area contributed by atoms with E-state index in [9.17, 15) is 0 Å². The van der Waals surface area contributed by atoms with E-state index in [-0.39, 0.29) is 14.5 Å². The SMILES string of the molecule is c1ccc(-c2ccccc2-c2c(-c3ccccc3)nnnc2-c2c(-c3ccccc3)cccc2-c2c(-c3ccccc3)ccc3[se]c4ccccc4c23)cc1. The zero-order chi connectivity index (χ0) is 36.6. The Hall–Kier alpha value is -6.71. The maximum absolute atomic E-state index is 5.10. The molecule has 0 saturated carbocycles. The number of aromatic nitrogens is 3. The molecule has 10 aromatic rings. The number of nitrogens with zero attached hydrogens (tertiary/aromatic N) is 3. The Balaban J connectivity index is 1.39. The summed E-state index contributed by atoms with van der Waals surface area (Å²) in [5.74, 6) is 0. The summed E-state index contributed by atoms with van der Waals surface area (Å²) in [5, 5.41) is 17.1. The summed E-state index contributed by atoms with van der Waals surface area (Å²) < 4.78 is 2.80. The van der Waals surface area contributed by atoms with E-state index >= 15 is 0 Å². The molecular weight excluding hydrogens is 734 g/mol. The Morgan fingerprint density at radius 1 is 0.291 bits per heavy atom. The van der Waals surface area contributed by atoms with E-state index in [4.69, 9.17) is 10.2 Å². The van der Waals surface area contributed by atoms with Crippen molar-refractivity contribution in [1.82, 2.24) is 15.4 Å². The summed E-state index contributed by atoms with van der Waals surface area (Å²) in [6.45, 7) is 0. The molecule has 0 spiro atoms. The van der Waals surface area contributed by atoms with Gasteiger partial charge in [-0.05, 0) is 0 Å². The fourth-order valence-corrected chi connectivity index (χ4v) is 10.3. The van der Waals surface area contributed by atoms with Crippen LogP contribution >= 0.6 is 0 Å². The van der Waals surface area contributed by atoms with Gasteiger partial charge in [0.1, 0.15) is 0 Å². The molecule has 4 heteroatoms. The first-order valence-corrected chi connectivity index (χ1v) is 20.2. The van der Waals surface area contributed by atoms with Crippen LogP contribution in [0.25, 0.3) is 97.4 Å². The van der Waals surface area contributed by atoms with Crippen molar-refractivity contribution >= 4 is 33.8 Å². The van der Waals surface area contributed by atoms with Gasteiger partial charge >= 0.3 is 321 Å². The van der Waals surface area contributed by atoms with E-state index in [1.807, 2.05) is 6.07 Å². The van der Waals surface area contributed by atoms with Crippen LogP contribution in [-0.4, -0.2) is 29.9 Å². The van der Waals surface area contributed by atoms with Gasteiger partial charge in [-0.3, -0.25) is 0 Å². The van der Waals surface area contributed by atoms with Crippen LogP contribution in [0.5, 0.6) is 0 Å². The molecule has 0 N–H and O–H groups in total. The van der Waals surface area contributed by atoms with Gasteiger partial charge in [-0.2, -0.15) is 0 Å². The predicted octanol–water partition coefficient (Wildman–Crippen LogP) is 12.9. The summed E-state index contributed by atoms with van der Waals surface area (Å²) in [6.07, 6.45) is 0. The van der Waals surface area contributed by atoms with Crippen molar-refractivity contribution in [1.29, 1.82) is 0 Å². The van der Waals surface area contributed by atoms with Crippen molar-refractivity contribution in [2.45, 2.75) is 0 Å². The van der Waals surface area contributed by atoms with E-state index < -0.39 is 0 Å². The molecule has 8 aromatic carbocycles. The molecule has 0 amide bonds. The van der Waals surface area contributed by atoms with Gasteiger partial charge in [0, 0.05) is 0 Å². The number of benzene rings is 8. The quantitative estimate of drug-likeness (QED) is 0.152. The molecule has 2 heterocycles. The van der Waals surface area contributed by atoms with Crippen LogP contribution in [0.15, 0.2) is 200 Å². The van der Waals surface area contributed by atoms with Crippen LogP contribution in [-0.2, 0) is 0 Å². The molecule has 55 heavy (non-hydrogen) atoms. The van der Waals surface area contributed by atoms with Crippen LogP contribution in [0.2, 0.25) is 0 Å². The molecule has 2 aromatic heterocycles. The molecule has 0 radical (unpaired) electrons. The number of fused-ring (bicyclic) bond motifs is 3. The third-order valence-electron chi connectivity index (χ3n) is 10.4. The second-order valence-corrected chi connectivity index (χ2v) is 15.8. The van der Waals surface area contributed by atoms with Crippen LogP contribution in [0.1, 0.15) is 0 Å². The second-order valence-electron chi connectivity index (χ2n) is 13.6. The van der Waals surface area contributed by atoms with Crippen LogP contribution in [0.4, 0.5) is 0 Å². The van der Waals surface area contributed by atoms with Crippen molar-refractivity contribution < 1.29 is 0 Å². The molecular formula is C51H33N3Se. The summed E-state index contributed by atoms with van der Waals surface area (Å²) in [5.41, 5.74) is 14.7. The fraction of sp³-hybridized carbons (Fsp3) is 0. The molecule has 0 aliphatic rings. The molecule has 0 atom stereocenters. The molecule has 3 nitrogen and oxygen atoms in total. The molecule has 0 fully saturated rings. The van der Waals surface area contributed by atoms with E-state index in [0.717, 1.165) is 61.5 Å². The van der Waals surface area contributed by atoms with Gasteiger partial charge in [-0.25, -0.2) is 0 Å². The van der Waals surface area contributed by atoms with Gasteiger partial charge < -0.3 is 0 Å². The summed E-state index contributed by atoms with van der Waals surface area (Å²) in [7, 11) is 0. The van der Waals surface area contributed by atoms with Crippen molar-refractivity contribution in [3.63, 3.8) is 0 Å². The molecule has 0 unspecified atom stereocenters. The van der Waals surface area contributed by atoms with Crippen molar-refractivity contribution in [2.75, 3.05) is 0 Å². The first kappa shape index (κ1) is 32.9. The third-order valence-corrected chi connectivity index (χ3v) is 12.8. The maximum atomic E-state index is 5.10. The van der Waals surface area contributed by atoms with Gasteiger partial charge in [-0.1, -0.05) is 6.07 Å². The van der Waals surface area contributed by atoms with Gasteiger partial charge in [0.15, 0.2) is 0 Å². The third kappa shape index (κ3) is 5.89. The van der Waals surface area contributed by atoms with Crippen LogP contribution < -0.4 is 0 Å². The molecule has 0 bridgehead atoms. The number of hydrogen-bond donors (Lipinski definition) is 0. The van der Waals surface area contributed by atoms with Crippen molar-refractivity contribution in [3.8, 4) is 78.1 Å².